The van der Waals surface area contributed by atoms with Gasteiger partial charge in [0.15, 0.2) is 0 Å². The summed E-state index contributed by atoms with van der Waals surface area (Å²) < 4.78 is 0. The van der Waals surface area contributed by atoms with E-state index in [9.17, 15) is 9.59 Å². The molecule has 20 heavy (non-hydrogen) atoms. The Kier molecular flexibility index (Phi) is 3.49. The number of Topliss-reactive ketones (excluding diaryl/α,β-unsaturated/α-hetero) is 1. The number of hydrogen-bond donors (Lipinski definition) is 1. The number of carbonyl (C=O) groups excluding carboxylic acids is 1. The minimum absolute atomic E-state index is 0.131. The van der Waals surface area contributed by atoms with Crippen LogP contribution in [0.15, 0.2) is 0 Å². The van der Waals surface area contributed by atoms with E-state index in [4.69, 9.17) is 5.11 Å². The van der Waals surface area contributed by atoms with Crippen LogP contribution in [0.25, 0.3) is 0 Å². The number of benzene rings is 1. The number of aliphatic carboxylic acids is 1. The van der Waals surface area contributed by atoms with Crippen molar-refractivity contribution in [3.63, 3.8) is 0 Å². The molecule has 1 aliphatic carbocycles. The molecule has 0 saturated heterocycles. The fraction of sp³-hybridized carbons (Fsp3) is 0.529. The lowest BCUT2D eigenvalue weighted by Crippen LogP contribution is -2.22. The molecule has 3 nitrogen and oxygen atoms in total. The fourth-order valence-corrected chi connectivity index (χ4v) is 3.34. The van der Waals surface area contributed by atoms with Crippen LogP contribution in [0.5, 0.6) is 0 Å². The van der Waals surface area contributed by atoms with Crippen molar-refractivity contribution in [1.29, 1.82) is 0 Å². The van der Waals surface area contributed by atoms with E-state index in [2.05, 4.69) is 34.6 Å². The summed E-state index contributed by atoms with van der Waals surface area (Å²) in [5.74, 6) is -1.98. The zero-order valence-electron chi connectivity index (χ0n) is 12.9. The summed E-state index contributed by atoms with van der Waals surface area (Å²) in [5.41, 5.74) is 7.25. The van der Waals surface area contributed by atoms with Crippen molar-refractivity contribution in [2.24, 2.45) is 0 Å². The molecule has 2 rings (SSSR count). The fourth-order valence-electron chi connectivity index (χ4n) is 3.34. The lowest BCUT2D eigenvalue weighted by atomic mass is 9.79. The van der Waals surface area contributed by atoms with E-state index in [0.717, 1.165) is 12.8 Å². The first-order valence-corrected chi connectivity index (χ1v) is 7.05. The summed E-state index contributed by atoms with van der Waals surface area (Å²) in [5, 5.41) is 8.86. The van der Waals surface area contributed by atoms with Crippen LogP contribution in [0, 0.1) is 34.6 Å². The van der Waals surface area contributed by atoms with Crippen LogP contribution in [-0.4, -0.2) is 16.9 Å². The Balaban J connectivity index is 2.54. The van der Waals surface area contributed by atoms with Crippen LogP contribution in [-0.2, 0) is 15.0 Å². The predicted octanol–water partition coefficient (Wildman–Crippen LogP) is 3.30. The van der Waals surface area contributed by atoms with Crippen molar-refractivity contribution in [2.45, 2.75) is 59.3 Å². The highest BCUT2D eigenvalue weighted by Crippen LogP contribution is 2.54. The molecule has 0 atom stereocenters. The molecule has 3 heteroatoms. The first kappa shape index (κ1) is 14.8. The van der Waals surface area contributed by atoms with Gasteiger partial charge in [-0.25, -0.2) is 4.79 Å². The SMILES string of the molecule is Cc1c(C)c(C)c(C2(CC(=O)C(=O)O)CC2)c(C)c1C. The van der Waals surface area contributed by atoms with Crippen LogP contribution in [0.1, 0.15) is 52.6 Å². The number of rotatable bonds is 4. The number of ketones is 1. The van der Waals surface area contributed by atoms with Gasteiger partial charge < -0.3 is 5.11 Å². The quantitative estimate of drug-likeness (QED) is 0.857. The highest BCUT2D eigenvalue weighted by atomic mass is 16.4. The van der Waals surface area contributed by atoms with Gasteiger partial charge in [-0.05, 0) is 80.8 Å². The highest BCUT2D eigenvalue weighted by Gasteiger charge is 2.48. The molecular formula is C17H22O3. The van der Waals surface area contributed by atoms with E-state index in [1.807, 2.05) is 0 Å². The standard InChI is InChI=1S/C17H22O3/c1-9-10(2)12(4)15(13(5)11(9)3)17(6-7-17)8-14(18)16(19)20/h6-8H2,1-5H3,(H,19,20). The molecule has 0 heterocycles. The van der Waals surface area contributed by atoms with E-state index >= 15 is 0 Å². The van der Waals surface area contributed by atoms with E-state index in [0.29, 0.717) is 0 Å². The van der Waals surface area contributed by atoms with Crippen LogP contribution >= 0.6 is 0 Å². The third-order valence-electron chi connectivity index (χ3n) is 5.12. The molecule has 0 amide bonds. The molecule has 1 N–H and O–H groups in total. The molecule has 0 unspecified atom stereocenters. The van der Waals surface area contributed by atoms with Gasteiger partial charge in [-0.1, -0.05) is 0 Å². The molecule has 0 aromatic heterocycles. The van der Waals surface area contributed by atoms with Gasteiger partial charge in [0, 0.05) is 11.8 Å². The Labute approximate surface area is 120 Å². The molecule has 1 aromatic carbocycles. The van der Waals surface area contributed by atoms with Crippen molar-refractivity contribution in [3.8, 4) is 0 Å². The van der Waals surface area contributed by atoms with E-state index in [1.54, 1.807) is 0 Å². The molecule has 0 radical (unpaired) electrons. The Hall–Kier alpha value is -1.64. The van der Waals surface area contributed by atoms with Crippen molar-refractivity contribution >= 4 is 11.8 Å². The lowest BCUT2D eigenvalue weighted by Gasteiger charge is -2.25. The van der Waals surface area contributed by atoms with Crippen molar-refractivity contribution in [2.75, 3.05) is 0 Å². The molecule has 0 spiro atoms. The van der Waals surface area contributed by atoms with Gasteiger partial charge in [-0.2, -0.15) is 0 Å². The number of carbonyl (C=O) groups is 2. The molecule has 0 bridgehead atoms. The van der Waals surface area contributed by atoms with Gasteiger partial charge in [0.05, 0.1) is 0 Å². The second kappa shape index (κ2) is 4.72. The molecule has 108 valence electrons. The second-order valence-electron chi connectivity index (χ2n) is 6.19. The minimum Gasteiger partial charge on any atom is -0.476 e. The zero-order valence-corrected chi connectivity index (χ0v) is 12.9. The number of carboxylic acids is 1. The van der Waals surface area contributed by atoms with Gasteiger partial charge >= 0.3 is 5.97 Å². The molecule has 0 aliphatic heterocycles. The van der Waals surface area contributed by atoms with Gasteiger partial charge in [0.2, 0.25) is 5.78 Å². The maximum Gasteiger partial charge on any atom is 0.372 e. The van der Waals surface area contributed by atoms with E-state index in [1.165, 1.54) is 33.4 Å². The van der Waals surface area contributed by atoms with Crippen LogP contribution in [0.2, 0.25) is 0 Å². The molecule has 1 aliphatic rings. The number of carboxylic acid groups (broad SMARTS) is 1. The summed E-state index contributed by atoms with van der Waals surface area (Å²) >= 11 is 0. The molecule has 1 saturated carbocycles. The Bertz CT molecular complexity index is 578. The average molecular weight is 274 g/mol. The first-order valence-electron chi connectivity index (χ1n) is 7.05. The number of hydrogen-bond acceptors (Lipinski definition) is 2. The minimum atomic E-state index is -1.31. The summed E-state index contributed by atoms with van der Waals surface area (Å²) in [7, 11) is 0. The highest BCUT2D eigenvalue weighted by molar-refractivity contribution is 6.33. The Morgan fingerprint density at radius 1 is 0.900 bits per heavy atom. The summed E-state index contributed by atoms with van der Waals surface area (Å²) in [4.78, 5) is 22.5. The van der Waals surface area contributed by atoms with Crippen LogP contribution < -0.4 is 0 Å². The summed E-state index contributed by atoms with van der Waals surface area (Å²) in [6.07, 6.45) is 1.96. The van der Waals surface area contributed by atoms with Gasteiger partial charge in [0.25, 0.3) is 0 Å². The van der Waals surface area contributed by atoms with E-state index in [-0.39, 0.29) is 11.8 Å². The smallest absolute Gasteiger partial charge is 0.372 e. The Morgan fingerprint density at radius 3 is 1.65 bits per heavy atom. The van der Waals surface area contributed by atoms with Crippen molar-refractivity contribution in [3.05, 3.63) is 33.4 Å². The summed E-state index contributed by atoms with van der Waals surface area (Å²) in [6.45, 7) is 10.5. The average Bonchev–Trinajstić information content (AvgIpc) is 3.14. The zero-order chi connectivity index (χ0) is 15.2. The topological polar surface area (TPSA) is 54.4 Å². The van der Waals surface area contributed by atoms with Gasteiger partial charge in [0.1, 0.15) is 0 Å². The van der Waals surface area contributed by atoms with Gasteiger partial charge in [-0.15, -0.1) is 0 Å². The maximum atomic E-state index is 11.6. The van der Waals surface area contributed by atoms with E-state index < -0.39 is 11.8 Å². The van der Waals surface area contributed by atoms with Crippen LogP contribution in [0.3, 0.4) is 0 Å². The monoisotopic (exact) mass is 274 g/mol. The third-order valence-corrected chi connectivity index (χ3v) is 5.12. The lowest BCUT2D eigenvalue weighted by molar-refractivity contribution is -0.149. The van der Waals surface area contributed by atoms with Gasteiger partial charge in [-0.3, -0.25) is 4.79 Å². The third kappa shape index (κ3) is 2.15. The Morgan fingerprint density at radius 2 is 1.30 bits per heavy atom. The molecular weight excluding hydrogens is 252 g/mol. The predicted molar refractivity (Wildman–Crippen MR) is 78.3 cm³/mol. The van der Waals surface area contributed by atoms with Crippen LogP contribution in [0.4, 0.5) is 0 Å². The van der Waals surface area contributed by atoms with Crippen molar-refractivity contribution < 1.29 is 14.7 Å². The second-order valence-corrected chi connectivity index (χ2v) is 6.19. The summed E-state index contributed by atoms with van der Waals surface area (Å²) in [6, 6.07) is 0. The molecule has 1 aromatic rings. The molecule has 1 fully saturated rings. The maximum absolute atomic E-state index is 11.6. The largest absolute Gasteiger partial charge is 0.476 e. The first-order chi connectivity index (χ1) is 9.21. The normalized spacial score (nSPS) is 16.1. The van der Waals surface area contributed by atoms with Crippen molar-refractivity contribution in [1.82, 2.24) is 0 Å².